The van der Waals surface area contributed by atoms with Crippen LogP contribution in [0.3, 0.4) is 0 Å². The van der Waals surface area contributed by atoms with E-state index in [1.807, 2.05) is 6.92 Å². The minimum atomic E-state index is -0.841. The number of carbonyl (C=O) groups excluding carboxylic acids is 1. The average Bonchev–Trinajstić information content (AvgIpc) is 2.27. The number of carbonyl (C=O) groups is 2. The number of carboxylic acid groups (broad SMARTS) is 1. The predicted octanol–water partition coefficient (Wildman–Crippen LogP) is 1.02. The molecule has 1 aliphatic carbocycles. The number of carboxylic acids is 1. The fourth-order valence-corrected chi connectivity index (χ4v) is 2.19. The van der Waals surface area contributed by atoms with Crippen molar-refractivity contribution in [2.75, 3.05) is 0 Å². The highest BCUT2D eigenvalue weighted by Gasteiger charge is 2.35. The standard InChI is InChI=1S/C12H22N2O3/c1-9(5-6-10(15)16)14-11(17)12(13)7-3-2-4-8-12/h9H,2-8,13H2,1H3,(H,14,17)(H,15,16). The number of hydrogen-bond donors (Lipinski definition) is 3. The summed E-state index contributed by atoms with van der Waals surface area (Å²) in [6.45, 7) is 1.81. The molecule has 0 heterocycles. The maximum atomic E-state index is 12.0. The minimum Gasteiger partial charge on any atom is -0.481 e. The highest BCUT2D eigenvalue weighted by atomic mass is 16.4. The van der Waals surface area contributed by atoms with Gasteiger partial charge in [-0.05, 0) is 26.2 Å². The van der Waals surface area contributed by atoms with Gasteiger partial charge in [-0.1, -0.05) is 19.3 Å². The van der Waals surface area contributed by atoms with E-state index >= 15 is 0 Å². The summed E-state index contributed by atoms with van der Waals surface area (Å²) in [6.07, 6.45) is 5.09. The van der Waals surface area contributed by atoms with Crippen molar-refractivity contribution in [3.8, 4) is 0 Å². The lowest BCUT2D eigenvalue weighted by Gasteiger charge is -2.33. The summed E-state index contributed by atoms with van der Waals surface area (Å²) in [4.78, 5) is 22.4. The van der Waals surface area contributed by atoms with Crippen LogP contribution >= 0.6 is 0 Å². The van der Waals surface area contributed by atoms with Crippen LogP contribution < -0.4 is 11.1 Å². The molecule has 5 heteroatoms. The zero-order valence-electron chi connectivity index (χ0n) is 10.4. The van der Waals surface area contributed by atoms with E-state index in [1.165, 1.54) is 0 Å². The minimum absolute atomic E-state index is 0.0685. The van der Waals surface area contributed by atoms with Crippen LogP contribution in [0.4, 0.5) is 0 Å². The quantitative estimate of drug-likeness (QED) is 0.671. The zero-order valence-corrected chi connectivity index (χ0v) is 10.4. The van der Waals surface area contributed by atoms with E-state index in [1.54, 1.807) is 0 Å². The fraction of sp³-hybridized carbons (Fsp3) is 0.833. The topological polar surface area (TPSA) is 92.4 Å². The predicted molar refractivity (Wildman–Crippen MR) is 64.5 cm³/mol. The van der Waals surface area contributed by atoms with Gasteiger partial charge in [0, 0.05) is 12.5 Å². The maximum absolute atomic E-state index is 12.0. The summed E-state index contributed by atoms with van der Waals surface area (Å²) in [5, 5.41) is 11.4. The summed E-state index contributed by atoms with van der Waals surface area (Å²) < 4.78 is 0. The number of aliphatic carboxylic acids is 1. The first-order chi connectivity index (χ1) is 7.94. The Labute approximate surface area is 102 Å². The average molecular weight is 242 g/mol. The largest absolute Gasteiger partial charge is 0.481 e. The molecule has 17 heavy (non-hydrogen) atoms. The van der Waals surface area contributed by atoms with Crippen molar-refractivity contribution >= 4 is 11.9 Å². The van der Waals surface area contributed by atoms with Gasteiger partial charge in [-0.3, -0.25) is 9.59 Å². The highest BCUT2D eigenvalue weighted by Crippen LogP contribution is 2.26. The molecule has 5 nitrogen and oxygen atoms in total. The first kappa shape index (κ1) is 14.0. The SMILES string of the molecule is CC(CCC(=O)O)NC(=O)C1(N)CCCCC1. The molecule has 0 aromatic heterocycles. The van der Waals surface area contributed by atoms with Crippen LogP contribution in [0.25, 0.3) is 0 Å². The molecule has 1 atom stereocenters. The van der Waals surface area contributed by atoms with Gasteiger partial charge in [0.1, 0.15) is 0 Å². The molecule has 1 aliphatic rings. The van der Waals surface area contributed by atoms with Crippen LogP contribution in [0.2, 0.25) is 0 Å². The van der Waals surface area contributed by atoms with Gasteiger partial charge in [0.15, 0.2) is 0 Å². The molecule has 0 radical (unpaired) electrons. The first-order valence-electron chi connectivity index (χ1n) is 6.26. The lowest BCUT2D eigenvalue weighted by atomic mass is 9.81. The van der Waals surface area contributed by atoms with Crippen molar-refractivity contribution in [2.45, 2.75) is 63.5 Å². The Kier molecular flexibility index (Phi) is 4.93. The van der Waals surface area contributed by atoms with Gasteiger partial charge in [0.2, 0.25) is 5.91 Å². The summed E-state index contributed by atoms with van der Waals surface area (Å²) in [5.41, 5.74) is 5.34. The van der Waals surface area contributed by atoms with E-state index in [-0.39, 0.29) is 18.4 Å². The van der Waals surface area contributed by atoms with E-state index in [0.717, 1.165) is 32.1 Å². The van der Waals surface area contributed by atoms with Crippen LogP contribution in [0.5, 0.6) is 0 Å². The highest BCUT2D eigenvalue weighted by molar-refractivity contribution is 5.86. The molecule has 0 aromatic carbocycles. The first-order valence-corrected chi connectivity index (χ1v) is 6.26. The van der Waals surface area contributed by atoms with Crippen molar-refractivity contribution in [2.24, 2.45) is 5.73 Å². The van der Waals surface area contributed by atoms with Crippen LogP contribution in [0, 0.1) is 0 Å². The van der Waals surface area contributed by atoms with Crippen LogP contribution in [0.1, 0.15) is 51.9 Å². The van der Waals surface area contributed by atoms with Gasteiger partial charge in [-0.25, -0.2) is 0 Å². The second-order valence-electron chi connectivity index (χ2n) is 5.02. The second-order valence-corrected chi connectivity index (χ2v) is 5.02. The Balaban J connectivity index is 2.39. The fourth-order valence-electron chi connectivity index (χ4n) is 2.19. The monoisotopic (exact) mass is 242 g/mol. The Morgan fingerprint density at radius 1 is 1.35 bits per heavy atom. The molecular weight excluding hydrogens is 220 g/mol. The number of hydrogen-bond acceptors (Lipinski definition) is 3. The summed E-state index contributed by atoms with van der Waals surface area (Å²) in [5.74, 6) is -0.971. The van der Waals surface area contributed by atoms with Crippen molar-refractivity contribution in [1.29, 1.82) is 0 Å². The Morgan fingerprint density at radius 2 is 1.94 bits per heavy atom. The van der Waals surface area contributed by atoms with Crippen LogP contribution in [-0.2, 0) is 9.59 Å². The molecule has 0 aromatic rings. The van der Waals surface area contributed by atoms with Crippen LogP contribution in [0.15, 0.2) is 0 Å². The van der Waals surface area contributed by atoms with Gasteiger partial charge in [-0.2, -0.15) is 0 Å². The Hall–Kier alpha value is -1.10. The summed E-state index contributed by atoms with van der Waals surface area (Å²) >= 11 is 0. The number of nitrogens with two attached hydrogens (primary N) is 1. The van der Waals surface area contributed by atoms with E-state index in [4.69, 9.17) is 10.8 Å². The van der Waals surface area contributed by atoms with Gasteiger partial charge < -0.3 is 16.2 Å². The summed E-state index contributed by atoms with van der Waals surface area (Å²) in [6, 6.07) is -0.138. The molecule has 4 N–H and O–H groups in total. The third-order valence-electron chi connectivity index (χ3n) is 3.37. The second kappa shape index (κ2) is 6.00. The Morgan fingerprint density at radius 3 is 2.47 bits per heavy atom. The zero-order chi connectivity index (χ0) is 12.9. The lowest BCUT2D eigenvalue weighted by Crippen LogP contribution is -2.56. The maximum Gasteiger partial charge on any atom is 0.303 e. The third-order valence-corrected chi connectivity index (χ3v) is 3.37. The van der Waals surface area contributed by atoms with Crippen LogP contribution in [-0.4, -0.2) is 28.6 Å². The Bertz CT molecular complexity index is 285. The molecule has 1 saturated carbocycles. The molecule has 1 rings (SSSR count). The van der Waals surface area contributed by atoms with Crippen molar-refractivity contribution in [1.82, 2.24) is 5.32 Å². The molecule has 0 saturated heterocycles. The van der Waals surface area contributed by atoms with E-state index in [9.17, 15) is 9.59 Å². The molecule has 1 amide bonds. The molecule has 98 valence electrons. The number of rotatable bonds is 5. The third kappa shape index (κ3) is 4.34. The molecule has 0 aliphatic heterocycles. The van der Waals surface area contributed by atoms with Gasteiger partial charge in [0.25, 0.3) is 0 Å². The van der Waals surface area contributed by atoms with Crippen molar-refractivity contribution in [3.63, 3.8) is 0 Å². The number of nitrogens with one attached hydrogen (secondary N) is 1. The van der Waals surface area contributed by atoms with E-state index in [2.05, 4.69) is 5.32 Å². The van der Waals surface area contributed by atoms with Gasteiger partial charge in [-0.15, -0.1) is 0 Å². The smallest absolute Gasteiger partial charge is 0.303 e. The normalized spacial score (nSPS) is 20.6. The van der Waals surface area contributed by atoms with Crippen molar-refractivity contribution < 1.29 is 14.7 Å². The molecular formula is C12H22N2O3. The van der Waals surface area contributed by atoms with E-state index in [0.29, 0.717) is 6.42 Å². The lowest BCUT2D eigenvalue weighted by molar-refractivity contribution is -0.137. The molecule has 0 bridgehead atoms. The summed E-state index contributed by atoms with van der Waals surface area (Å²) in [7, 11) is 0. The van der Waals surface area contributed by atoms with Gasteiger partial charge in [0.05, 0.1) is 5.54 Å². The van der Waals surface area contributed by atoms with Gasteiger partial charge >= 0.3 is 5.97 Å². The molecule has 0 spiro atoms. The number of amides is 1. The molecule has 1 unspecified atom stereocenters. The molecule has 1 fully saturated rings. The van der Waals surface area contributed by atoms with E-state index < -0.39 is 11.5 Å². The van der Waals surface area contributed by atoms with Crippen molar-refractivity contribution in [3.05, 3.63) is 0 Å².